The maximum absolute atomic E-state index is 12.0. The second kappa shape index (κ2) is 4.92. The fourth-order valence-electron chi connectivity index (χ4n) is 1.81. The highest BCUT2D eigenvalue weighted by Gasteiger charge is 2.31. The lowest BCUT2D eigenvalue weighted by molar-refractivity contribution is 0.562. The molecular formula is C10H12BrNO4S2. The first-order valence-corrected chi connectivity index (χ1v) is 9.37. The molecule has 1 heterocycles. The van der Waals surface area contributed by atoms with E-state index in [0.29, 0.717) is 10.9 Å². The standard InChI is InChI=1S/C10H12BrNO4S2/c11-8-2-1-3-10(6-8)18(15,16)12-9-4-5-17(13,14)7-9/h1-3,6,9,12H,4-5,7H2/t9-/m0/s1. The zero-order chi connectivity index (χ0) is 13.4. The topological polar surface area (TPSA) is 80.3 Å². The van der Waals surface area contributed by atoms with E-state index >= 15 is 0 Å². The van der Waals surface area contributed by atoms with Gasteiger partial charge in [-0.1, -0.05) is 22.0 Å². The van der Waals surface area contributed by atoms with Gasteiger partial charge in [0.05, 0.1) is 16.4 Å². The predicted octanol–water partition coefficient (Wildman–Crippen LogP) is 0.914. The molecule has 0 aliphatic carbocycles. The van der Waals surface area contributed by atoms with Crippen molar-refractivity contribution in [1.82, 2.24) is 4.72 Å². The first-order valence-electron chi connectivity index (χ1n) is 5.27. The summed E-state index contributed by atoms with van der Waals surface area (Å²) in [5.41, 5.74) is 0. The van der Waals surface area contributed by atoms with Crippen molar-refractivity contribution in [2.75, 3.05) is 11.5 Å². The number of hydrogen-bond acceptors (Lipinski definition) is 4. The molecule has 1 aliphatic rings. The summed E-state index contributed by atoms with van der Waals surface area (Å²) in [7, 11) is -6.76. The van der Waals surface area contributed by atoms with Crippen molar-refractivity contribution in [3.05, 3.63) is 28.7 Å². The molecule has 8 heteroatoms. The van der Waals surface area contributed by atoms with Crippen LogP contribution in [-0.2, 0) is 19.9 Å². The van der Waals surface area contributed by atoms with Crippen LogP contribution in [0, 0.1) is 0 Å². The van der Waals surface area contributed by atoms with Crippen LogP contribution < -0.4 is 4.72 Å². The smallest absolute Gasteiger partial charge is 0.229 e. The van der Waals surface area contributed by atoms with Crippen molar-refractivity contribution in [2.24, 2.45) is 0 Å². The summed E-state index contributed by atoms with van der Waals surface area (Å²) in [6.07, 6.45) is 0.329. The van der Waals surface area contributed by atoms with Gasteiger partial charge in [-0.15, -0.1) is 0 Å². The molecule has 1 aliphatic heterocycles. The van der Waals surface area contributed by atoms with Crippen molar-refractivity contribution in [3.63, 3.8) is 0 Å². The molecule has 0 radical (unpaired) electrons. The zero-order valence-corrected chi connectivity index (χ0v) is 12.6. The Morgan fingerprint density at radius 2 is 2.06 bits per heavy atom. The van der Waals surface area contributed by atoms with Gasteiger partial charge < -0.3 is 0 Å². The van der Waals surface area contributed by atoms with E-state index in [1.165, 1.54) is 12.1 Å². The number of halogens is 1. The molecular weight excluding hydrogens is 342 g/mol. The van der Waals surface area contributed by atoms with Crippen LogP contribution >= 0.6 is 15.9 Å². The average Bonchev–Trinajstić information content (AvgIpc) is 2.57. The summed E-state index contributed by atoms with van der Waals surface area (Å²) in [4.78, 5) is 0.126. The Bertz CT molecular complexity index is 654. The summed E-state index contributed by atoms with van der Waals surface area (Å²) in [6, 6.07) is 5.75. The van der Waals surface area contributed by atoms with E-state index in [9.17, 15) is 16.8 Å². The molecule has 0 spiro atoms. The number of benzene rings is 1. The summed E-state index contributed by atoms with van der Waals surface area (Å²) in [5.74, 6) is -0.0844. The van der Waals surface area contributed by atoms with Crippen molar-refractivity contribution in [2.45, 2.75) is 17.4 Å². The Kier molecular flexibility index (Phi) is 3.82. The van der Waals surface area contributed by atoms with Crippen LogP contribution in [0.4, 0.5) is 0 Å². The molecule has 1 saturated heterocycles. The van der Waals surface area contributed by atoms with Gasteiger partial charge in [0.1, 0.15) is 0 Å². The average molecular weight is 354 g/mol. The number of hydrogen-bond donors (Lipinski definition) is 1. The molecule has 100 valence electrons. The molecule has 1 N–H and O–H groups in total. The quantitative estimate of drug-likeness (QED) is 0.875. The number of sulfonamides is 1. The minimum absolute atomic E-state index is 0.0403. The molecule has 5 nitrogen and oxygen atoms in total. The van der Waals surface area contributed by atoms with E-state index in [4.69, 9.17) is 0 Å². The first kappa shape index (κ1) is 14.0. The second-order valence-corrected chi connectivity index (χ2v) is 9.04. The zero-order valence-electron chi connectivity index (χ0n) is 9.34. The molecule has 18 heavy (non-hydrogen) atoms. The molecule has 1 aromatic carbocycles. The van der Waals surface area contributed by atoms with E-state index in [1.54, 1.807) is 12.1 Å². The number of rotatable bonds is 3. The highest BCUT2D eigenvalue weighted by atomic mass is 79.9. The molecule has 0 unspecified atom stereocenters. The van der Waals surface area contributed by atoms with Gasteiger partial charge in [-0.2, -0.15) is 0 Å². The van der Waals surface area contributed by atoms with Gasteiger partial charge in [0, 0.05) is 10.5 Å². The summed E-state index contributed by atoms with van der Waals surface area (Å²) in [6.45, 7) is 0. The number of nitrogens with one attached hydrogen (secondary N) is 1. The summed E-state index contributed by atoms with van der Waals surface area (Å²) in [5, 5.41) is 0. The normalized spacial score (nSPS) is 23.1. The van der Waals surface area contributed by atoms with Crippen LogP contribution in [0.15, 0.2) is 33.6 Å². The summed E-state index contributed by atoms with van der Waals surface area (Å²) < 4.78 is 49.7. The Balaban J connectivity index is 2.18. The van der Waals surface area contributed by atoms with Crippen LogP contribution in [-0.4, -0.2) is 34.4 Å². The van der Waals surface area contributed by atoms with Gasteiger partial charge >= 0.3 is 0 Å². The lowest BCUT2D eigenvalue weighted by atomic mass is 10.3. The Hall–Kier alpha value is -0.440. The van der Waals surface area contributed by atoms with Crippen molar-refractivity contribution >= 4 is 35.8 Å². The van der Waals surface area contributed by atoms with E-state index < -0.39 is 25.9 Å². The van der Waals surface area contributed by atoms with Crippen LogP contribution in [0.25, 0.3) is 0 Å². The number of sulfone groups is 1. The van der Waals surface area contributed by atoms with Gasteiger partial charge in [-0.25, -0.2) is 21.6 Å². The van der Waals surface area contributed by atoms with Gasteiger partial charge in [0.15, 0.2) is 9.84 Å². The van der Waals surface area contributed by atoms with Crippen LogP contribution in [0.2, 0.25) is 0 Å². The molecule has 1 fully saturated rings. The first-order chi connectivity index (χ1) is 8.28. The SMILES string of the molecule is O=S1(=O)CC[C@H](NS(=O)(=O)c2cccc(Br)c2)C1. The van der Waals surface area contributed by atoms with Gasteiger partial charge in [0.25, 0.3) is 0 Å². The fourth-order valence-corrected chi connectivity index (χ4v) is 5.46. The molecule has 0 bridgehead atoms. The third kappa shape index (κ3) is 3.31. The monoisotopic (exact) mass is 353 g/mol. The van der Waals surface area contributed by atoms with E-state index in [0.717, 1.165) is 0 Å². The lowest BCUT2D eigenvalue weighted by Crippen LogP contribution is -2.35. The highest BCUT2D eigenvalue weighted by molar-refractivity contribution is 9.10. The maximum Gasteiger partial charge on any atom is 0.240 e. The van der Waals surface area contributed by atoms with E-state index in [2.05, 4.69) is 20.7 Å². The van der Waals surface area contributed by atoms with E-state index in [-0.39, 0.29) is 16.4 Å². The minimum atomic E-state index is -3.66. The largest absolute Gasteiger partial charge is 0.240 e. The highest BCUT2D eigenvalue weighted by Crippen LogP contribution is 2.18. The molecule has 0 saturated carbocycles. The lowest BCUT2D eigenvalue weighted by Gasteiger charge is -2.11. The molecule has 2 rings (SSSR count). The van der Waals surface area contributed by atoms with E-state index in [1.807, 2.05) is 0 Å². The summed E-state index contributed by atoms with van der Waals surface area (Å²) >= 11 is 3.20. The maximum atomic E-state index is 12.0. The third-order valence-corrected chi connectivity index (χ3v) is 6.44. The van der Waals surface area contributed by atoms with Crippen LogP contribution in [0.1, 0.15) is 6.42 Å². The fraction of sp³-hybridized carbons (Fsp3) is 0.400. The van der Waals surface area contributed by atoms with Gasteiger partial charge in [0.2, 0.25) is 10.0 Å². The van der Waals surface area contributed by atoms with Crippen LogP contribution in [0.3, 0.4) is 0 Å². The second-order valence-electron chi connectivity index (χ2n) is 4.18. The van der Waals surface area contributed by atoms with Gasteiger partial charge in [-0.3, -0.25) is 0 Å². The molecule has 1 aromatic rings. The molecule has 0 aromatic heterocycles. The minimum Gasteiger partial charge on any atom is -0.229 e. The Morgan fingerprint density at radius 1 is 1.33 bits per heavy atom. The molecule has 1 atom stereocenters. The Morgan fingerprint density at radius 3 is 2.61 bits per heavy atom. The third-order valence-electron chi connectivity index (χ3n) is 2.66. The van der Waals surface area contributed by atoms with Crippen LogP contribution in [0.5, 0.6) is 0 Å². The van der Waals surface area contributed by atoms with Crippen molar-refractivity contribution < 1.29 is 16.8 Å². The predicted molar refractivity (Wildman–Crippen MR) is 71.5 cm³/mol. The van der Waals surface area contributed by atoms with Gasteiger partial charge in [-0.05, 0) is 24.6 Å². The Labute approximate surface area is 115 Å². The van der Waals surface area contributed by atoms with Crippen molar-refractivity contribution in [3.8, 4) is 0 Å². The molecule has 0 amide bonds. The van der Waals surface area contributed by atoms with Crippen molar-refractivity contribution in [1.29, 1.82) is 0 Å².